The number of carbonyl (C=O) groups excluding carboxylic acids is 1. The molecule has 0 unspecified atom stereocenters. The Balaban J connectivity index is 1.29. The van der Waals surface area contributed by atoms with E-state index in [1.165, 1.54) is 11.3 Å². The van der Waals surface area contributed by atoms with Crippen molar-refractivity contribution in [2.45, 2.75) is 19.5 Å². The Labute approximate surface area is 183 Å². The van der Waals surface area contributed by atoms with E-state index in [9.17, 15) is 4.79 Å². The lowest BCUT2D eigenvalue weighted by atomic mass is 10.00. The lowest BCUT2D eigenvalue weighted by Gasteiger charge is -2.36. The molecule has 6 nitrogen and oxygen atoms in total. The zero-order chi connectivity index (χ0) is 21.5. The number of amides is 1. The summed E-state index contributed by atoms with van der Waals surface area (Å²) in [7, 11) is 0. The Morgan fingerprint density at radius 3 is 2.45 bits per heavy atom. The molecule has 1 aliphatic heterocycles. The van der Waals surface area contributed by atoms with Gasteiger partial charge in [-0.2, -0.15) is 0 Å². The summed E-state index contributed by atoms with van der Waals surface area (Å²) in [4.78, 5) is 14.9. The maximum absolute atomic E-state index is 12.6. The number of fused-ring (bicyclic) bond motifs is 1. The third kappa shape index (κ3) is 5.27. The Morgan fingerprint density at radius 2 is 1.71 bits per heavy atom. The lowest BCUT2D eigenvalue weighted by molar-refractivity contribution is -0.123. The van der Waals surface area contributed by atoms with Crippen molar-refractivity contribution >= 4 is 5.91 Å². The van der Waals surface area contributed by atoms with Gasteiger partial charge >= 0.3 is 0 Å². The fourth-order valence-electron chi connectivity index (χ4n) is 4.02. The van der Waals surface area contributed by atoms with Crippen molar-refractivity contribution in [2.24, 2.45) is 0 Å². The molecule has 162 valence electrons. The van der Waals surface area contributed by atoms with Gasteiger partial charge in [-0.3, -0.25) is 9.69 Å². The number of rotatable bonds is 9. The maximum Gasteiger partial charge on any atom is 0.234 e. The molecule has 2 heterocycles. The molecule has 1 aromatic heterocycles. The van der Waals surface area contributed by atoms with Crippen molar-refractivity contribution in [3.8, 4) is 11.5 Å². The van der Waals surface area contributed by atoms with E-state index in [0.717, 1.165) is 24.6 Å². The molecule has 1 N–H and O–H groups in total. The predicted octanol–water partition coefficient (Wildman–Crippen LogP) is 3.49. The van der Waals surface area contributed by atoms with Crippen LogP contribution >= 0.6 is 0 Å². The zero-order valence-electron chi connectivity index (χ0n) is 17.9. The molecule has 0 radical (unpaired) electrons. The highest BCUT2D eigenvalue weighted by Gasteiger charge is 2.29. The molecule has 1 atom stereocenters. The number of ether oxygens (including phenoxy) is 2. The zero-order valence-corrected chi connectivity index (χ0v) is 17.9. The first kappa shape index (κ1) is 21.0. The van der Waals surface area contributed by atoms with E-state index in [4.69, 9.17) is 9.47 Å². The van der Waals surface area contributed by atoms with Gasteiger partial charge in [0, 0.05) is 25.0 Å². The van der Waals surface area contributed by atoms with Crippen LogP contribution in [0.3, 0.4) is 0 Å². The van der Waals surface area contributed by atoms with Crippen molar-refractivity contribution in [1.82, 2.24) is 14.8 Å². The van der Waals surface area contributed by atoms with Gasteiger partial charge in [-0.25, -0.2) is 0 Å². The second-order valence-electron chi connectivity index (χ2n) is 7.51. The van der Waals surface area contributed by atoms with Crippen molar-refractivity contribution in [3.63, 3.8) is 0 Å². The third-order valence-corrected chi connectivity index (χ3v) is 5.43. The van der Waals surface area contributed by atoms with Crippen LogP contribution in [0, 0.1) is 0 Å². The molecular weight excluding hydrogens is 390 g/mol. The minimum Gasteiger partial charge on any atom is -0.494 e. The second-order valence-corrected chi connectivity index (χ2v) is 7.51. The molecule has 0 aliphatic carbocycles. The molecule has 0 bridgehead atoms. The second kappa shape index (κ2) is 10.2. The highest BCUT2D eigenvalue weighted by atomic mass is 16.5. The number of aromatic nitrogens is 1. The third-order valence-electron chi connectivity index (χ3n) is 5.43. The van der Waals surface area contributed by atoms with Gasteiger partial charge in [-0.15, -0.1) is 0 Å². The monoisotopic (exact) mass is 419 g/mol. The first-order chi connectivity index (χ1) is 15.2. The largest absolute Gasteiger partial charge is 0.494 e. The molecule has 4 rings (SSSR count). The van der Waals surface area contributed by atoms with E-state index in [2.05, 4.69) is 45.2 Å². The summed E-state index contributed by atoms with van der Waals surface area (Å²) in [6, 6.07) is 22.2. The standard InChI is InChI=1S/C25H29N3O3/c1-2-30-21-10-12-22(13-11-21)31-18-14-26-24(29)19-28-17-16-27-15-6-9-23(27)25(28)20-7-4-3-5-8-20/h3-13,15,25H,2,14,16-19H2,1H3,(H,26,29)/t25-/m1/s1. The predicted molar refractivity (Wildman–Crippen MR) is 120 cm³/mol. The Hall–Kier alpha value is -3.25. The van der Waals surface area contributed by atoms with E-state index in [0.29, 0.717) is 26.3 Å². The highest BCUT2D eigenvalue weighted by Crippen LogP contribution is 2.31. The van der Waals surface area contributed by atoms with Gasteiger partial charge in [0.25, 0.3) is 0 Å². The summed E-state index contributed by atoms with van der Waals surface area (Å²) in [6.07, 6.45) is 2.11. The molecule has 6 heteroatoms. The van der Waals surface area contributed by atoms with Crippen LogP contribution in [0.5, 0.6) is 11.5 Å². The van der Waals surface area contributed by atoms with Gasteiger partial charge in [-0.05, 0) is 48.9 Å². The summed E-state index contributed by atoms with van der Waals surface area (Å²) >= 11 is 0. The lowest BCUT2D eigenvalue weighted by Crippen LogP contribution is -2.45. The van der Waals surface area contributed by atoms with Crippen LogP contribution in [0.1, 0.15) is 24.2 Å². The van der Waals surface area contributed by atoms with Crippen LogP contribution in [0.4, 0.5) is 0 Å². The molecule has 1 aliphatic rings. The normalized spacial score (nSPS) is 15.8. The number of nitrogens with one attached hydrogen (secondary N) is 1. The van der Waals surface area contributed by atoms with Crippen LogP contribution in [-0.2, 0) is 11.3 Å². The maximum atomic E-state index is 12.6. The van der Waals surface area contributed by atoms with Gasteiger partial charge in [-0.1, -0.05) is 30.3 Å². The summed E-state index contributed by atoms with van der Waals surface area (Å²) in [5, 5.41) is 2.98. The minimum absolute atomic E-state index is 0.0104. The molecule has 31 heavy (non-hydrogen) atoms. The van der Waals surface area contributed by atoms with E-state index in [1.807, 2.05) is 49.4 Å². The number of nitrogens with zero attached hydrogens (tertiary/aromatic N) is 2. The van der Waals surface area contributed by atoms with Crippen LogP contribution in [0.15, 0.2) is 72.9 Å². The molecular formula is C25H29N3O3. The molecule has 0 saturated heterocycles. The molecule has 1 amide bonds. The van der Waals surface area contributed by atoms with Crippen molar-refractivity contribution < 1.29 is 14.3 Å². The fourth-order valence-corrected chi connectivity index (χ4v) is 4.02. The highest BCUT2D eigenvalue weighted by molar-refractivity contribution is 5.78. The van der Waals surface area contributed by atoms with Crippen LogP contribution in [-0.4, -0.2) is 48.2 Å². The summed E-state index contributed by atoms with van der Waals surface area (Å²) < 4.78 is 13.4. The van der Waals surface area contributed by atoms with Gasteiger partial charge in [0.05, 0.1) is 25.7 Å². The van der Waals surface area contributed by atoms with Crippen LogP contribution < -0.4 is 14.8 Å². The Bertz CT molecular complexity index is 969. The fraction of sp³-hybridized carbons (Fsp3) is 0.320. The van der Waals surface area contributed by atoms with Gasteiger partial charge in [0.2, 0.25) is 5.91 Å². The number of hydrogen-bond acceptors (Lipinski definition) is 4. The molecule has 0 spiro atoms. The van der Waals surface area contributed by atoms with Crippen molar-refractivity contribution in [1.29, 1.82) is 0 Å². The van der Waals surface area contributed by atoms with Gasteiger partial charge < -0.3 is 19.4 Å². The Kier molecular flexibility index (Phi) is 6.89. The summed E-state index contributed by atoms with van der Waals surface area (Å²) in [6.45, 7) is 5.55. The number of benzene rings is 2. The van der Waals surface area contributed by atoms with Crippen LogP contribution in [0.2, 0.25) is 0 Å². The van der Waals surface area contributed by atoms with Gasteiger partial charge in [0.1, 0.15) is 18.1 Å². The molecule has 0 saturated carbocycles. The number of carbonyl (C=O) groups is 1. The Morgan fingerprint density at radius 1 is 0.968 bits per heavy atom. The van der Waals surface area contributed by atoms with E-state index >= 15 is 0 Å². The first-order valence-corrected chi connectivity index (χ1v) is 10.8. The molecule has 0 fully saturated rings. The summed E-state index contributed by atoms with van der Waals surface area (Å²) in [5.41, 5.74) is 2.43. The van der Waals surface area contributed by atoms with E-state index in [1.54, 1.807) is 0 Å². The molecule has 3 aromatic rings. The number of hydrogen-bond donors (Lipinski definition) is 1. The van der Waals surface area contributed by atoms with Crippen molar-refractivity contribution in [3.05, 3.63) is 84.2 Å². The van der Waals surface area contributed by atoms with Crippen LogP contribution in [0.25, 0.3) is 0 Å². The van der Waals surface area contributed by atoms with E-state index < -0.39 is 0 Å². The van der Waals surface area contributed by atoms with E-state index in [-0.39, 0.29) is 11.9 Å². The smallest absolute Gasteiger partial charge is 0.234 e. The average Bonchev–Trinajstić information content (AvgIpc) is 3.27. The quantitative estimate of drug-likeness (QED) is 0.540. The van der Waals surface area contributed by atoms with Crippen molar-refractivity contribution in [2.75, 3.05) is 32.8 Å². The average molecular weight is 420 g/mol. The minimum atomic E-state index is 0.0104. The molecule has 2 aromatic carbocycles. The SMILES string of the molecule is CCOc1ccc(OCCNC(=O)CN2CCn3cccc3[C@H]2c2ccccc2)cc1. The van der Waals surface area contributed by atoms with Gasteiger partial charge in [0.15, 0.2) is 0 Å². The first-order valence-electron chi connectivity index (χ1n) is 10.8. The topological polar surface area (TPSA) is 55.7 Å². The summed E-state index contributed by atoms with van der Waals surface area (Å²) in [5.74, 6) is 1.60.